The van der Waals surface area contributed by atoms with Gasteiger partial charge in [0.25, 0.3) is 0 Å². The first-order valence-electron chi connectivity index (χ1n) is 10.3. The Balaban J connectivity index is 0.000000386. The molecule has 0 unspecified atom stereocenters. The van der Waals surface area contributed by atoms with Crippen molar-refractivity contribution < 1.29 is 19.1 Å². The van der Waals surface area contributed by atoms with Gasteiger partial charge in [0.2, 0.25) is 0 Å². The summed E-state index contributed by atoms with van der Waals surface area (Å²) in [5.74, 6) is 2.92. The van der Waals surface area contributed by atoms with Gasteiger partial charge in [0.15, 0.2) is 0 Å². The van der Waals surface area contributed by atoms with Gasteiger partial charge in [0.1, 0.15) is 29.7 Å². The van der Waals surface area contributed by atoms with E-state index in [4.69, 9.17) is 14.3 Å². The molecule has 0 saturated carbocycles. The Hall–Kier alpha value is -3.02. The van der Waals surface area contributed by atoms with Crippen LogP contribution in [0.15, 0.2) is 59.0 Å². The van der Waals surface area contributed by atoms with Gasteiger partial charge in [-0.05, 0) is 63.3 Å². The standard InChI is InChI=1S/C19H24O4.C5H8N2/c1-3-16(10-8-14(2)9-11-19(20)21)22-13-17-12-15-6-4-5-7-18(15)23-17;1-5-6-3-4-7(5)2/h3,8,10,12H,2,4-7,9,11,13H2,1H3,(H,20,21);3-4H,1-2H3/b10-8-,16-3+;. The average Bonchev–Trinajstić information content (AvgIpc) is 3.32. The third-order valence-corrected chi connectivity index (χ3v) is 4.92. The molecule has 6 heteroatoms. The van der Waals surface area contributed by atoms with Crippen LogP contribution in [-0.2, 0) is 36.0 Å². The van der Waals surface area contributed by atoms with E-state index in [0.29, 0.717) is 13.0 Å². The van der Waals surface area contributed by atoms with Crippen molar-refractivity contribution in [3.8, 4) is 0 Å². The summed E-state index contributed by atoms with van der Waals surface area (Å²) >= 11 is 0. The van der Waals surface area contributed by atoms with Crippen molar-refractivity contribution in [2.75, 3.05) is 0 Å². The highest BCUT2D eigenvalue weighted by atomic mass is 16.5. The molecule has 30 heavy (non-hydrogen) atoms. The molecule has 0 atom stereocenters. The molecule has 1 N–H and O–H groups in total. The molecule has 2 aromatic rings. The summed E-state index contributed by atoms with van der Waals surface area (Å²) < 4.78 is 13.6. The zero-order valence-electron chi connectivity index (χ0n) is 18.2. The lowest BCUT2D eigenvalue weighted by molar-refractivity contribution is -0.136. The van der Waals surface area contributed by atoms with E-state index < -0.39 is 5.97 Å². The molecule has 2 aromatic heterocycles. The van der Waals surface area contributed by atoms with Crippen LogP contribution in [0.4, 0.5) is 0 Å². The number of carbonyl (C=O) groups is 1. The van der Waals surface area contributed by atoms with Crippen molar-refractivity contribution in [1.29, 1.82) is 0 Å². The van der Waals surface area contributed by atoms with Crippen LogP contribution in [-0.4, -0.2) is 20.6 Å². The molecular formula is C24H32N2O4. The first-order valence-corrected chi connectivity index (χ1v) is 10.3. The first-order chi connectivity index (χ1) is 14.4. The van der Waals surface area contributed by atoms with Crippen LogP contribution in [0, 0.1) is 6.92 Å². The highest BCUT2D eigenvalue weighted by molar-refractivity contribution is 5.67. The third-order valence-electron chi connectivity index (χ3n) is 4.92. The largest absolute Gasteiger partial charge is 0.486 e. The molecule has 1 aliphatic rings. The van der Waals surface area contributed by atoms with Crippen molar-refractivity contribution in [2.24, 2.45) is 7.05 Å². The van der Waals surface area contributed by atoms with Crippen molar-refractivity contribution in [3.05, 3.63) is 77.5 Å². The number of carboxylic acids is 1. The van der Waals surface area contributed by atoms with Gasteiger partial charge in [-0.2, -0.15) is 0 Å². The predicted molar refractivity (Wildman–Crippen MR) is 117 cm³/mol. The zero-order chi connectivity index (χ0) is 21.9. The summed E-state index contributed by atoms with van der Waals surface area (Å²) in [4.78, 5) is 14.5. The molecular weight excluding hydrogens is 380 g/mol. The van der Waals surface area contributed by atoms with Gasteiger partial charge in [-0.25, -0.2) is 4.98 Å². The summed E-state index contributed by atoms with van der Waals surface area (Å²) in [6, 6.07) is 2.09. The number of ether oxygens (including phenoxy) is 1. The molecule has 1 aliphatic carbocycles. The number of imidazole rings is 1. The van der Waals surface area contributed by atoms with Crippen molar-refractivity contribution >= 4 is 5.97 Å². The Morgan fingerprint density at radius 2 is 2.10 bits per heavy atom. The van der Waals surface area contributed by atoms with E-state index in [0.717, 1.165) is 41.5 Å². The number of carboxylic acid groups (broad SMARTS) is 1. The molecule has 0 fully saturated rings. The molecule has 0 aliphatic heterocycles. The SMILES string of the molecule is C=C(/C=C\C(=C/C)OCc1cc2c(o1)CCCC2)CCC(=O)O.Cc1nccn1C. The summed E-state index contributed by atoms with van der Waals surface area (Å²) in [7, 11) is 1.97. The lowest BCUT2D eigenvalue weighted by Crippen LogP contribution is -1.97. The molecule has 0 radical (unpaired) electrons. The molecule has 162 valence electrons. The Morgan fingerprint density at radius 3 is 2.67 bits per heavy atom. The Bertz CT molecular complexity index is 862. The zero-order valence-corrected chi connectivity index (χ0v) is 18.2. The van der Waals surface area contributed by atoms with Gasteiger partial charge in [0, 0.05) is 32.3 Å². The maximum Gasteiger partial charge on any atom is 0.303 e. The second-order valence-corrected chi connectivity index (χ2v) is 7.32. The molecule has 0 aromatic carbocycles. The molecule has 0 amide bonds. The van der Waals surface area contributed by atoms with E-state index in [1.807, 2.05) is 43.8 Å². The highest BCUT2D eigenvalue weighted by Crippen LogP contribution is 2.25. The lowest BCUT2D eigenvalue weighted by Gasteiger charge is -2.07. The van der Waals surface area contributed by atoms with Crippen LogP contribution in [0.2, 0.25) is 0 Å². The van der Waals surface area contributed by atoms with Gasteiger partial charge >= 0.3 is 5.97 Å². The number of aromatic nitrogens is 2. The quantitative estimate of drug-likeness (QED) is 0.471. The topological polar surface area (TPSA) is 77.5 Å². The average molecular weight is 413 g/mol. The molecule has 3 rings (SSSR count). The second-order valence-electron chi connectivity index (χ2n) is 7.32. The number of hydrogen-bond donors (Lipinski definition) is 1. The maximum atomic E-state index is 10.5. The summed E-state index contributed by atoms with van der Waals surface area (Å²) in [5, 5.41) is 8.65. The Labute approximate surface area is 178 Å². The Kier molecular flexibility index (Phi) is 9.19. The number of fused-ring (bicyclic) bond motifs is 1. The van der Waals surface area contributed by atoms with Gasteiger partial charge in [-0.15, -0.1) is 0 Å². The van der Waals surface area contributed by atoms with Crippen LogP contribution in [0.1, 0.15) is 55.5 Å². The number of rotatable bonds is 8. The van der Waals surface area contributed by atoms with Gasteiger partial charge in [-0.1, -0.05) is 18.2 Å². The fraction of sp³-hybridized carbons (Fsp3) is 0.417. The molecule has 6 nitrogen and oxygen atoms in total. The fourth-order valence-electron chi connectivity index (χ4n) is 3.00. The summed E-state index contributed by atoms with van der Waals surface area (Å²) in [5.41, 5.74) is 2.08. The normalized spacial score (nSPS) is 13.5. The summed E-state index contributed by atoms with van der Waals surface area (Å²) in [6.45, 7) is 8.11. The molecule has 0 saturated heterocycles. The van der Waals surface area contributed by atoms with Crippen LogP contribution < -0.4 is 0 Å². The number of furan rings is 1. The van der Waals surface area contributed by atoms with E-state index in [2.05, 4.69) is 17.6 Å². The van der Waals surface area contributed by atoms with Crippen molar-refractivity contribution in [1.82, 2.24) is 9.55 Å². The van der Waals surface area contributed by atoms with Gasteiger partial charge in [0.05, 0.1) is 0 Å². The second kappa shape index (κ2) is 11.9. The lowest BCUT2D eigenvalue weighted by atomic mass is 9.99. The minimum absolute atomic E-state index is 0.0904. The smallest absolute Gasteiger partial charge is 0.303 e. The summed E-state index contributed by atoms with van der Waals surface area (Å²) in [6.07, 6.45) is 14.3. The Morgan fingerprint density at radius 1 is 1.33 bits per heavy atom. The van der Waals surface area contributed by atoms with Crippen LogP contribution in [0.5, 0.6) is 0 Å². The molecule has 2 heterocycles. The van der Waals surface area contributed by atoms with Crippen LogP contribution >= 0.6 is 0 Å². The monoisotopic (exact) mass is 412 g/mol. The van der Waals surface area contributed by atoms with Crippen LogP contribution in [0.3, 0.4) is 0 Å². The van der Waals surface area contributed by atoms with Crippen molar-refractivity contribution in [2.45, 2.75) is 59.0 Å². The number of aryl methyl sites for hydroxylation is 4. The molecule has 0 bridgehead atoms. The van der Waals surface area contributed by atoms with E-state index in [9.17, 15) is 4.79 Å². The number of allylic oxidation sites excluding steroid dienone is 4. The minimum Gasteiger partial charge on any atom is -0.486 e. The predicted octanol–water partition coefficient (Wildman–Crippen LogP) is 5.28. The van der Waals surface area contributed by atoms with Gasteiger partial charge in [-0.3, -0.25) is 4.79 Å². The molecule has 0 spiro atoms. The van der Waals surface area contributed by atoms with E-state index >= 15 is 0 Å². The van der Waals surface area contributed by atoms with E-state index in [1.165, 1.54) is 18.4 Å². The fourth-order valence-corrected chi connectivity index (χ4v) is 3.00. The highest BCUT2D eigenvalue weighted by Gasteiger charge is 2.15. The van der Waals surface area contributed by atoms with Crippen molar-refractivity contribution in [3.63, 3.8) is 0 Å². The minimum atomic E-state index is -0.816. The van der Waals surface area contributed by atoms with E-state index in [1.54, 1.807) is 12.3 Å². The number of nitrogens with zero attached hydrogens (tertiary/aromatic N) is 2. The third kappa shape index (κ3) is 7.78. The number of aliphatic carboxylic acids is 1. The van der Waals surface area contributed by atoms with E-state index in [-0.39, 0.29) is 6.42 Å². The number of hydrogen-bond acceptors (Lipinski definition) is 4. The van der Waals surface area contributed by atoms with Crippen LogP contribution in [0.25, 0.3) is 0 Å². The first kappa shape index (κ1) is 23.3. The van der Waals surface area contributed by atoms with Gasteiger partial charge < -0.3 is 18.8 Å². The maximum absolute atomic E-state index is 10.5.